The van der Waals surface area contributed by atoms with Gasteiger partial charge in [-0.2, -0.15) is 13.2 Å². The summed E-state index contributed by atoms with van der Waals surface area (Å²) in [7, 11) is 1.30. The van der Waals surface area contributed by atoms with E-state index in [0.29, 0.717) is 49.5 Å². The maximum absolute atomic E-state index is 13.7. The van der Waals surface area contributed by atoms with Crippen molar-refractivity contribution >= 4 is 29.6 Å². The van der Waals surface area contributed by atoms with E-state index in [1.165, 1.54) is 7.11 Å². The number of likely N-dealkylation sites (tertiary alicyclic amines) is 1. The van der Waals surface area contributed by atoms with Crippen molar-refractivity contribution in [1.82, 2.24) is 9.80 Å². The van der Waals surface area contributed by atoms with Crippen LogP contribution in [0.25, 0.3) is 6.08 Å². The number of alkyl halides is 3. The zero-order valence-corrected chi connectivity index (χ0v) is 22.3. The molecule has 0 spiro atoms. The molecule has 2 atom stereocenters. The van der Waals surface area contributed by atoms with Crippen LogP contribution >= 0.6 is 11.6 Å². The Balaban J connectivity index is 1.44. The Labute approximate surface area is 226 Å². The molecule has 0 bridgehead atoms. The Morgan fingerprint density at radius 2 is 1.82 bits per heavy atom. The summed E-state index contributed by atoms with van der Waals surface area (Å²) in [6, 6.07) is 13.8. The number of esters is 1. The minimum atomic E-state index is -4.91. The fourth-order valence-electron chi connectivity index (χ4n) is 5.37. The number of hydrogen-bond donors (Lipinski definition) is 0. The Hall–Kier alpha value is -2.84. The third kappa shape index (κ3) is 6.59. The van der Waals surface area contributed by atoms with Crippen LogP contribution in [0.3, 0.4) is 0 Å². The van der Waals surface area contributed by atoms with Gasteiger partial charge in [-0.15, -0.1) is 0 Å². The minimum Gasteiger partial charge on any atom is -0.465 e. The second kappa shape index (κ2) is 11.9. The van der Waals surface area contributed by atoms with Gasteiger partial charge in [-0.25, -0.2) is 4.79 Å². The molecule has 1 aliphatic heterocycles. The van der Waals surface area contributed by atoms with Crippen molar-refractivity contribution in [1.29, 1.82) is 0 Å². The highest BCUT2D eigenvalue weighted by Gasteiger charge is 2.54. The van der Waals surface area contributed by atoms with E-state index in [1.54, 1.807) is 18.2 Å². The summed E-state index contributed by atoms with van der Waals surface area (Å²) in [5.41, 5.74) is 3.26. The summed E-state index contributed by atoms with van der Waals surface area (Å²) in [6.07, 6.45) is -0.693. The summed E-state index contributed by atoms with van der Waals surface area (Å²) in [6.45, 7) is 3.59. The number of amides is 1. The van der Waals surface area contributed by atoms with Gasteiger partial charge in [0, 0.05) is 42.7 Å². The number of rotatable bonds is 8. The van der Waals surface area contributed by atoms with Crippen molar-refractivity contribution in [3.63, 3.8) is 0 Å². The first kappa shape index (κ1) is 28.2. The van der Waals surface area contributed by atoms with E-state index in [0.717, 1.165) is 28.0 Å². The second-order valence-electron chi connectivity index (χ2n) is 9.91. The zero-order chi connectivity index (χ0) is 27.4. The highest BCUT2D eigenvalue weighted by Crippen LogP contribution is 2.46. The number of carbonyl (C=O) groups excluding carboxylic acids is 2. The highest BCUT2D eigenvalue weighted by atomic mass is 35.5. The molecule has 2 aromatic rings. The van der Waals surface area contributed by atoms with Crippen LogP contribution in [0.4, 0.5) is 13.2 Å². The number of carbonyl (C=O) groups is 2. The Bertz CT molecular complexity index is 1180. The summed E-state index contributed by atoms with van der Waals surface area (Å²) < 4.78 is 45.7. The van der Waals surface area contributed by atoms with Gasteiger partial charge in [0.1, 0.15) is 0 Å². The molecule has 1 saturated carbocycles. The predicted octanol–water partition coefficient (Wildman–Crippen LogP) is 6.36. The van der Waals surface area contributed by atoms with Crippen molar-refractivity contribution in [2.75, 3.05) is 20.2 Å². The van der Waals surface area contributed by atoms with Gasteiger partial charge in [-0.3, -0.25) is 9.69 Å². The number of benzene rings is 2. The van der Waals surface area contributed by atoms with Crippen LogP contribution < -0.4 is 0 Å². The van der Waals surface area contributed by atoms with Gasteiger partial charge in [0.25, 0.3) is 0 Å². The van der Waals surface area contributed by atoms with E-state index in [2.05, 4.69) is 4.90 Å². The molecule has 9 heteroatoms. The van der Waals surface area contributed by atoms with Crippen molar-refractivity contribution in [3.05, 3.63) is 75.8 Å². The molecule has 2 aliphatic rings. The maximum atomic E-state index is 13.7. The van der Waals surface area contributed by atoms with Gasteiger partial charge in [0.2, 0.25) is 0 Å². The largest absolute Gasteiger partial charge is 0.471 e. The number of piperidine rings is 1. The van der Waals surface area contributed by atoms with E-state index in [-0.39, 0.29) is 5.92 Å². The quantitative estimate of drug-likeness (QED) is 0.360. The Morgan fingerprint density at radius 1 is 1.13 bits per heavy atom. The number of methoxy groups -OCH3 is 1. The fourth-order valence-corrected chi connectivity index (χ4v) is 5.61. The first-order valence-corrected chi connectivity index (χ1v) is 13.2. The number of halogens is 4. The summed E-state index contributed by atoms with van der Waals surface area (Å²) in [5, 5.41) is 0.432. The molecule has 1 saturated heterocycles. The van der Waals surface area contributed by atoms with Crippen LogP contribution in [-0.2, 0) is 16.1 Å². The lowest BCUT2D eigenvalue weighted by Crippen LogP contribution is -2.52. The minimum absolute atomic E-state index is 0.0586. The maximum Gasteiger partial charge on any atom is 0.471 e. The predicted molar refractivity (Wildman–Crippen MR) is 141 cm³/mol. The van der Waals surface area contributed by atoms with Crippen LogP contribution in [0, 0.1) is 5.92 Å². The van der Waals surface area contributed by atoms with E-state index >= 15 is 0 Å². The first-order chi connectivity index (χ1) is 18.1. The average molecular weight is 549 g/mol. The highest BCUT2D eigenvalue weighted by molar-refractivity contribution is 6.31. The van der Waals surface area contributed by atoms with Crippen molar-refractivity contribution in [2.45, 2.75) is 57.4 Å². The lowest BCUT2D eigenvalue weighted by molar-refractivity contribution is -0.189. The molecule has 1 aliphatic carbocycles. The standard InChI is InChI=1S/C29H32ClF3N2O3/c1-3-20(15-19-7-5-4-6-8-19)24-17-26(24)35(28(37)29(31,32)33)23-11-13-34(14-12-23)18-22-10-9-21(16-25(22)30)27(36)38-2/h4-10,15-16,23-24,26H,3,11-14,17-18H2,1-2H3/b20-15+/t24-,26+/m0/s1. The van der Waals surface area contributed by atoms with Crippen molar-refractivity contribution in [3.8, 4) is 0 Å². The molecule has 5 nitrogen and oxygen atoms in total. The van der Waals surface area contributed by atoms with E-state index in [9.17, 15) is 22.8 Å². The SMILES string of the molecule is CC/C(=C\c1ccccc1)[C@@H]1C[C@H]1N(C(=O)C(F)(F)F)C1CCN(Cc2ccc(C(=O)OC)cc2Cl)CC1. The Morgan fingerprint density at radius 3 is 2.39 bits per heavy atom. The van der Waals surface area contributed by atoms with Crippen LogP contribution in [0.2, 0.25) is 5.02 Å². The average Bonchev–Trinajstić information content (AvgIpc) is 3.69. The van der Waals surface area contributed by atoms with Gasteiger partial charge >= 0.3 is 18.1 Å². The molecular weight excluding hydrogens is 517 g/mol. The fraction of sp³-hybridized carbons (Fsp3) is 0.448. The molecule has 0 radical (unpaired) electrons. The van der Waals surface area contributed by atoms with Crippen molar-refractivity contribution in [2.24, 2.45) is 5.92 Å². The molecule has 1 amide bonds. The molecule has 1 heterocycles. The second-order valence-corrected chi connectivity index (χ2v) is 10.3. The summed E-state index contributed by atoms with van der Waals surface area (Å²) in [4.78, 5) is 27.6. The summed E-state index contributed by atoms with van der Waals surface area (Å²) >= 11 is 6.37. The van der Waals surface area contributed by atoms with E-state index in [1.807, 2.05) is 43.3 Å². The molecule has 2 aromatic carbocycles. The first-order valence-electron chi connectivity index (χ1n) is 12.9. The van der Waals surface area contributed by atoms with Crippen LogP contribution in [-0.4, -0.2) is 60.1 Å². The van der Waals surface area contributed by atoms with Crippen LogP contribution in [0.5, 0.6) is 0 Å². The topological polar surface area (TPSA) is 49.9 Å². The molecule has 204 valence electrons. The molecule has 38 heavy (non-hydrogen) atoms. The normalized spacial score (nSPS) is 20.7. The molecule has 0 unspecified atom stereocenters. The monoisotopic (exact) mass is 548 g/mol. The number of nitrogens with zero attached hydrogens (tertiary/aromatic N) is 2. The molecule has 4 rings (SSSR count). The lowest BCUT2D eigenvalue weighted by Gasteiger charge is -2.39. The molecular formula is C29H32ClF3N2O3. The zero-order valence-electron chi connectivity index (χ0n) is 21.5. The van der Waals surface area contributed by atoms with Gasteiger partial charge < -0.3 is 9.64 Å². The molecule has 2 fully saturated rings. The lowest BCUT2D eigenvalue weighted by atomic mass is 10.00. The van der Waals surface area contributed by atoms with E-state index < -0.39 is 30.1 Å². The van der Waals surface area contributed by atoms with Crippen molar-refractivity contribution < 1.29 is 27.5 Å². The number of hydrogen-bond acceptors (Lipinski definition) is 4. The van der Waals surface area contributed by atoms with Gasteiger partial charge in [-0.05, 0) is 48.9 Å². The number of ether oxygens (including phenoxy) is 1. The third-order valence-electron chi connectivity index (χ3n) is 7.45. The smallest absolute Gasteiger partial charge is 0.465 e. The van der Waals surface area contributed by atoms with Gasteiger partial charge in [0.05, 0.1) is 12.7 Å². The molecule has 0 N–H and O–H groups in total. The van der Waals surface area contributed by atoms with Crippen LogP contribution in [0.1, 0.15) is 54.1 Å². The van der Waals surface area contributed by atoms with Gasteiger partial charge in [-0.1, -0.05) is 66.6 Å². The molecule has 0 aromatic heterocycles. The third-order valence-corrected chi connectivity index (χ3v) is 7.80. The Kier molecular flexibility index (Phi) is 8.83. The summed E-state index contributed by atoms with van der Waals surface area (Å²) in [5.74, 6) is -2.27. The van der Waals surface area contributed by atoms with Gasteiger partial charge in [0.15, 0.2) is 0 Å². The van der Waals surface area contributed by atoms with E-state index in [4.69, 9.17) is 16.3 Å². The van der Waals surface area contributed by atoms with Crippen LogP contribution in [0.15, 0.2) is 54.1 Å².